The molecule has 1 aliphatic heterocycles. The zero-order valence-electron chi connectivity index (χ0n) is 15.7. The molecule has 3 heteroatoms. The van der Waals surface area contributed by atoms with Crippen LogP contribution in [0.25, 0.3) is 6.08 Å². The zero-order chi connectivity index (χ0) is 18.4. The lowest BCUT2D eigenvalue weighted by atomic mass is 10.0. The van der Waals surface area contributed by atoms with E-state index in [1.807, 2.05) is 18.2 Å². The minimum absolute atomic E-state index is 0.00271. The molecule has 0 atom stereocenters. The predicted octanol–water partition coefficient (Wildman–Crippen LogP) is 4.10. The van der Waals surface area contributed by atoms with E-state index in [9.17, 15) is 4.79 Å². The highest BCUT2D eigenvalue weighted by Gasteiger charge is 2.20. The van der Waals surface area contributed by atoms with Gasteiger partial charge in [0.25, 0.3) is 0 Å². The fraction of sp³-hybridized carbons (Fsp3) is 0.348. The van der Waals surface area contributed by atoms with Crippen molar-refractivity contribution >= 4 is 12.0 Å². The molecular weight excluding hydrogens is 320 g/mol. The standard InChI is InChI=1S/C23H28N2O/c1-18-7-9-20(10-8-18)11-12-23(26)24-22-13-15-25(16-14-22)17-21-6-4-3-5-19(21)2/h3-12,22H,13-17H2,1-2H3,(H,24,26). The van der Waals surface area contributed by atoms with Crippen molar-refractivity contribution in [3.8, 4) is 0 Å². The van der Waals surface area contributed by atoms with E-state index in [0.29, 0.717) is 0 Å². The Morgan fingerprint density at radius 3 is 2.46 bits per heavy atom. The van der Waals surface area contributed by atoms with Crippen molar-refractivity contribution in [2.75, 3.05) is 13.1 Å². The summed E-state index contributed by atoms with van der Waals surface area (Å²) < 4.78 is 0. The van der Waals surface area contributed by atoms with Crippen LogP contribution >= 0.6 is 0 Å². The van der Waals surface area contributed by atoms with Gasteiger partial charge in [-0.1, -0.05) is 54.1 Å². The van der Waals surface area contributed by atoms with E-state index in [2.05, 4.69) is 60.5 Å². The topological polar surface area (TPSA) is 32.3 Å². The van der Waals surface area contributed by atoms with Gasteiger partial charge in [-0.3, -0.25) is 9.69 Å². The molecule has 0 aliphatic carbocycles. The van der Waals surface area contributed by atoms with Gasteiger partial charge in [-0.15, -0.1) is 0 Å². The molecule has 3 nitrogen and oxygen atoms in total. The first-order valence-corrected chi connectivity index (χ1v) is 9.42. The van der Waals surface area contributed by atoms with Crippen LogP contribution in [0.1, 0.15) is 35.1 Å². The molecular formula is C23H28N2O. The van der Waals surface area contributed by atoms with E-state index >= 15 is 0 Å². The summed E-state index contributed by atoms with van der Waals surface area (Å²) in [6, 6.07) is 17.0. The summed E-state index contributed by atoms with van der Waals surface area (Å²) in [6.45, 7) is 7.29. The minimum Gasteiger partial charge on any atom is -0.350 e. The molecule has 1 heterocycles. The average molecular weight is 348 g/mol. The molecule has 0 bridgehead atoms. The van der Waals surface area contributed by atoms with Gasteiger partial charge < -0.3 is 5.32 Å². The summed E-state index contributed by atoms with van der Waals surface area (Å²) in [6.07, 6.45) is 5.54. The van der Waals surface area contributed by atoms with Gasteiger partial charge in [0.2, 0.25) is 5.91 Å². The second-order valence-electron chi connectivity index (χ2n) is 7.23. The van der Waals surface area contributed by atoms with Crippen molar-refractivity contribution in [2.45, 2.75) is 39.3 Å². The molecule has 26 heavy (non-hydrogen) atoms. The van der Waals surface area contributed by atoms with Crippen molar-refractivity contribution in [1.82, 2.24) is 10.2 Å². The van der Waals surface area contributed by atoms with Gasteiger partial charge in [0.15, 0.2) is 0 Å². The Balaban J connectivity index is 1.44. The minimum atomic E-state index is 0.00271. The van der Waals surface area contributed by atoms with Crippen molar-refractivity contribution < 1.29 is 4.79 Å². The number of carbonyl (C=O) groups excluding carboxylic acids is 1. The Hall–Kier alpha value is -2.39. The molecule has 0 unspecified atom stereocenters. The van der Waals surface area contributed by atoms with Crippen LogP contribution in [-0.2, 0) is 11.3 Å². The van der Waals surface area contributed by atoms with Crippen molar-refractivity contribution in [3.63, 3.8) is 0 Å². The Morgan fingerprint density at radius 2 is 1.77 bits per heavy atom. The third-order valence-corrected chi connectivity index (χ3v) is 5.09. The van der Waals surface area contributed by atoms with E-state index in [0.717, 1.165) is 38.0 Å². The second kappa shape index (κ2) is 8.81. The smallest absolute Gasteiger partial charge is 0.244 e. The molecule has 1 fully saturated rings. The van der Waals surface area contributed by atoms with Crippen molar-refractivity contribution in [2.24, 2.45) is 0 Å². The Labute approximate surface area is 156 Å². The highest BCUT2D eigenvalue weighted by Crippen LogP contribution is 2.16. The number of amides is 1. The third-order valence-electron chi connectivity index (χ3n) is 5.09. The van der Waals surface area contributed by atoms with E-state index in [4.69, 9.17) is 0 Å². The molecule has 0 radical (unpaired) electrons. The first-order chi connectivity index (χ1) is 12.6. The molecule has 1 saturated heterocycles. The molecule has 136 valence electrons. The molecule has 0 saturated carbocycles. The highest BCUT2D eigenvalue weighted by atomic mass is 16.1. The maximum atomic E-state index is 12.2. The lowest BCUT2D eigenvalue weighted by Crippen LogP contribution is -2.43. The number of piperidine rings is 1. The number of carbonyl (C=O) groups is 1. The average Bonchev–Trinajstić information content (AvgIpc) is 2.65. The fourth-order valence-electron chi connectivity index (χ4n) is 3.36. The highest BCUT2D eigenvalue weighted by molar-refractivity contribution is 5.91. The van der Waals surface area contributed by atoms with Crippen LogP contribution in [0, 0.1) is 13.8 Å². The zero-order valence-corrected chi connectivity index (χ0v) is 15.7. The van der Waals surface area contributed by atoms with Crippen LogP contribution < -0.4 is 5.32 Å². The molecule has 2 aromatic rings. The van der Waals surface area contributed by atoms with Crippen LogP contribution in [0.4, 0.5) is 0 Å². The molecule has 1 amide bonds. The Bertz CT molecular complexity index is 756. The van der Waals surface area contributed by atoms with Gasteiger partial charge >= 0.3 is 0 Å². The normalized spacial score (nSPS) is 16.1. The number of nitrogens with one attached hydrogen (secondary N) is 1. The van der Waals surface area contributed by atoms with E-state index in [1.165, 1.54) is 16.7 Å². The fourth-order valence-corrected chi connectivity index (χ4v) is 3.36. The van der Waals surface area contributed by atoms with Gasteiger partial charge in [0, 0.05) is 31.8 Å². The lowest BCUT2D eigenvalue weighted by Gasteiger charge is -2.32. The predicted molar refractivity (Wildman–Crippen MR) is 108 cm³/mol. The van der Waals surface area contributed by atoms with Crippen LogP contribution in [0.15, 0.2) is 54.6 Å². The summed E-state index contributed by atoms with van der Waals surface area (Å²) in [4.78, 5) is 14.6. The van der Waals surface area contributed by atoms with Crippen LogP contribution in [0.5, 0.6) is 0 Å². The largest absolute Gasteiger partial charge is 0.350 e. The van der Waals surface area contributed by atoms with Crippen molar-refractivity contribution in [3.05, 3.63) is 76.9 Å². The van der Waals surface area contributed by atoms with Gasteiger partial charge in [-0.2, -0.15) is 0 Å². The number of hydrogen-bond donors (Lipinski definition) is 1. The first kappa shape index (κ1) is 18.4. The van der Waals surface area contributed by atoms with Gasteiger partial charge in [0.05, 0.1) is 0 Å². The van der Waals surface area contributed by atoms with E-state index in [-0.39, 0.29) is 11.9 Å². The number of hydrogen-bond acceptors (Lipinski definition) is 2. The number of nitrogens with zero attached hydrogens (tertiary/aromatic N) is 1. The molecule has 1 aliphatic rings. The summed E-state index contributed by atoms with van der Waals surface area (Å²) >= 11 is 0. The monoisotopic (exact) mass is 348 g/mol. The maximum Gasteiger partial charge on any atom is 0.244 e. The van der Waals surface area contributed by atoms with Crippen LogP contribution in [0.2, 0.25) is 0 Å². The molecule has 1 N–H and O–H groups in total. The van der Waals surface area contributed by atoms with Gasteiger partial charge in [0.1, 0.15) is 0 Å². The SMILES string of the molecule is Cc1ccc(C=CC(=O)NC2CCN(Cc3ccccc3C)CC2)cc1. The number of aryl methyl sites for hydroxylation is 2. The third kappa shape index (κ3) is 5.30. The quantitative estimate of drug-likeness (QED) is 0.825. The van der Waals surface area contributed by atoms with Crippen LogP contribution in [-0.4, -0.2) is 29.9 Å². The van der Waals surface area contributed by atoms with Crippen molar-refractivity contribution in [1.29, 1.82) is 0 Å². The van der Waals surface area contributed by atoms with E-state index < -0.39 is 0 Å². The Morgan fingerprint density at radius 1 is 1.08 bits per heavy atom. The number of likely N-dealkylation sites (tertiary alicyclic amines) is 1. The number of rotatable bonds is 5. The van der Waals surface area contributed by atoms with Gasteiger partial charge in [-0.05, 0) is 49.5 Å². The van der Waals surface area contributed by atoms with E-state index in [1.54, 1.807) is 6.08 Å². The molecule has 3 rings (SSSR count). The van der Waals surface area contributed by atoms with Gasteiger partial charge in [-0.25, -0.2) is 0 Å². The lowest BCUT2D eigenvalue weighted by molar-refractivity contribution is -0.117. The maximum absolute atomic E-state index is 12.2. The Kier molecular flexibility index (Phi) is 6.24. The summed E-state index contributed by atoms with van der Waals surface area (Å²) in [5.41, 5.74) is 5.03. The van der Waals surface area contributed by atoms with Crippen LogP contribution in [0.3, 0.4) is 0 Å². The second-order valence-corrected chi connectivity index (χ2v) is 7.23. The number of benzene rings is 2. The first-order valence-electron chi connectivity index (χ1n) is 9.42. The summed E-state index contributed by atoms with van der Waals surface area (Å²) in [5.74, 6) is 0.00271. The summed E-state index contributed by atoms with van der Waals surface area (Å²) in [5, 5.41) is 3.14. The molecule has 0 spiro atoms. The molecule has 0 aromatic heterocycles. The molecule has 2 aromatic carbocycles. The summed E-state index contributed by atoms with van der Waals surface area (Å²) in [7, 11) is 0.